The first-order valence-corrected chi connectivity index (χ1v) is 16.2. The zero-order valence-electron chi connectivity index (χ0n) is 27.6. The summed E-state index contributed by atoms with van der Waals surface area (Å²) in [6, 6.07) is 6.68. The van der Waals surface area contributed by atoms with Gasteiger partial charge in [0.25, 0.3) is 5.91 Å². The van der Waals surface area contributed by atoms with Crippen LogP contribution in [0.1, 0.15) is 84.1 Å². The highest BCUT2D eigenvalue weighted by molar-refractivity contribution is 7.47. The summed E-state index contributed by atoms with van der Waals surface area (Å²) in [6.07, 6.45) is -0.599. The van der Waals surface area contributed by atoms with Crippen LogP contribution in [-0.4, -0.2) is 74.0 Å². The van der Waals surface area contributed by atoms with Gasteiger partial charge in [-0.2, -0.15) is 0 Å². The summed E-state index contributed by atoms with van der Waals surface area (Å²) in [4.78, 5) is 47.1. The van der Waals surface area contributed by atoms with E-state index < -0.39 is 31.0 Å². The van der Waals surface area contributed by atoms with Gasteiger partial charge in [0.2, 0.25) is 0 Å². The molecule has 45 heavy (non-hydrogen) atoms. The number of nitrogen functional groups attached to an aromatic ring is 1. The van der Waals surface area contributed by atoms with Gasteiger partial charge in [-0.3, -0.25) is 18.4 Å². The zero-order valence-corrected chi connectivity index (χ0v) is 28.5. The second kappa shape index (κ2) is 14.1. The number of carbonyl (C=O) groups excluding carboxylic acids is 1. The zero-order chi connectivity index (χ0) is 33.8. The smallest absolute Gasteiger partial charge is 0.382 e. The Balaban J connectivity index is 1.53. The number of aromatic nitrogens is 4. The number of imidazole rings is 1. The third-order valence-electron chi connectivity index (χ3n) is 6.17. The van der Waals surface area contributed by atoms with Crippen LogP contribution in [0.3, 0.4) is 0 Å². The van der Waals surface area contributed by atoms with E-state index in [9.17, 15) is 19.0 Å². The van der Waals surface area contributed by atoms with Crippen molar-refractivity contribution in [3.8, 4) is 0 Å². The van der Waals surface area contributed by atoms with Crippen LogP contribution in [0.5, 0.6) is 0 Å². The van der Waals surface area contributed by atoms with E-state index in [1.807, 2.05) is 62.3 Å². The summed E-state index contributed by atoms with van der Waals surface area (Å²) < 4.78 is 35.7. The van der Waals surface area contributed by atoms with Gasteiger partial charge in [0, 0.05) is 17.5 Å². The number of aromatic amines is 1. The average Bonchev–Trinajstić information content (AvgIpc) is 3.22. The molecule has 0 saturated heterocycles. The lowest BCUT2D eigenvalue weighted by Gasteiger charge is -2.30. The molecule has 0 radical (unpaired) electrons. The molecule has 0 saturated carbocycles. The van der Waals surface area contributed by atoms with Crippen LogP contribution in [0.25, 0.3) is 11.2 Å². The van der Waals surface area contributed by atoms with E-state index in [-0.39, 0.29) is 49.8 Å². The maximum atomic E-state index is 12.7. The van der Waals surface area contributed by atoms with Crippen molar-refractivity contribution in [3.05, 3.63) is 51.7 Å². The van der Waals surface area contributed by atoms with Crippen LogP contribution in [0.2, 0.25) is 0 Å². The minimum Gasteiger partial charge on any atom is -0.382 e. The van der Waals surface area contributed by atoms with Crippen LogP contribution >= 0.6 is 7.82 Å². The predicted molar refractivity (Wildman–Crippen MR) is 171 cm³/mol. The normalized spacial score (nSPS) is 14.8. The maximum absolute atomic E-state index is 12.7. The number of H-pyrrole nitrogens is 1. The molecule has 0 aliphatic rings. The molecule has 2 unspecified atom stereocenters. The lowest BCUT2D eigenvalue weighted by atomic mass is 9.96. The van der Waals surface area contributed by atoms with Gasteiger partial charge in [0.15, 0.2) is 11.5 Å². The van der Waals surface area contributed by atoms with Crippen LogP contribution in [0.4, 0.5) is 5.82 Å². The number of phosphoric acid groups is 1. The molecule has 3 rings (SSSR count). The van der Waals surface area contributed by atoms with Crippen molar-refractivity contribution >= 4 is 30.7 Å². The van der Waals surface area contributed by atoms with Crippen LogP contribution in [0, 0.1) is 0 Å². The second-order valence-corrected chi connectivity index (χ2v) is 15.2. The summed E-state index contributed by atoms with van der Waals surface area (Å²) in [5, 5.41) is 2.64. The Bertz CT molecular complexity index is 1560. The summed E-state index contributed by atoms with van der Waals surface area (Å²) in [5.41, 5.74) is 6.29. The molecule has 250 valence electrons. The molecule has 5 N–H and O–H groups in total. The molecular weight excluding hydrogens is 603 g/mol. The molecule has 0 spiro atoms. The molecule has 3 aromatic rings. The number of phosphoric ester groups is 1. The second-order valence-electron chi connectivity index (χ2n) is 13.7. The first kappa shape index (κ1) is 36.3. The van der Waals surface area contributed by atoms with Crippen LogP contribution in [-0.2, 0) is 35.0 Å². The number of ether oxygens (including phenoxy) is 2. The maximum Gasteiger partial charge on any atom is 0.472 e. The molecule has 0 aliphatic heterocycles. The van der Waals surface area contributed by atoms with E-state index in [2.05, 4.69) is 20.3 Å². The Labute approximate surface area is 263 Å². The number of nitrogens with one attached hydrogen (secondary N) is 2. The fourth-order valence-corrected chi connectivity index (χ4v) is 4.83. The monoisotopic (exact) mass is 650 g/mol. The number of anilines is 1. The summed E-state index contributed by atoms with van der Waals surface area (Å²) in [5.74, 6) is 0.312. The van der Waals surface area contributed by atoms with Crippen LogP contribution in [0.15, 0.2) is 29.1 Å². The lowest BCUT2D eigenvalue weighted by molar-refractivity contribution is -0.132. The number of fused-ring (bicyclic) bond motifs is 1. The molecule has 14 nitrogen and oxygen atoms in total. The minimum absolute atomic E-state index is 0.0362. The van der Waals surface area contributed by atoms with Crippen molar-refractivity contribution in [2.45, 2.75) is 91.6 Å². The van der Waals surface area contributed by atoms with E-state index in [0.29, 0.717) is 22.6 Å². The predicted octanol–water partition coefficient (Wildman–Crippen LogP) is 3.91. The Kier molecular flexibility index (Phi) is 11.4. The van der Waals surface area contributed by atoms with Crippen LogP contribution < -0.4 is 16.7 Å². The van der Waals surface area contributed by atoms with Crippen molar-refractivity contribution < 1.29 is 32.8 Å². The van der Waals surface area contributed by atoms with Crippen molar-refractivity contribution in [3.63, 3.8) is 0 Å². The van der Waals surface area contributed by atoms with E-state index in [4.69, 9.17) is 24.3 Å². The average molecular weight is 651 g/mol. The number of hydrogen-bond acceptors (Lipinski definition) is 10. The van der Waals surface area contributed by atoms with Crippen molar-refractivity contribution in [1.82, 2.24) is 24.8 Å². The Hall–Kier alpha value is -3.13. The Morgan fingerprint density at radius 1 is 1.02 bits per heavy atom. The number of carbonyl (C=O) groups is 1. The highest BCUT2D eigenvalue weighted by Gasteiger charge is 2.28. The molecule has 0 fully saturated rings. The molecular formula is C30H47N6O8P. The third kappa shape index (κ3) is 11.3. The lowest BCUT2D eigenvalue weighted by Crippen LogP contribution is -2.36. The van der Waals surface area contributed by atoms with E-state index in [1.54, 1.807) is 24.3 Å². The summed E-state index contributed by atoms with van der Waals surface area (Å²) in [6.45, 7) is 17.0. The highest BCUT2D eigenvalue weighted by atomic mass is 31.2. The molecule has 0 bridgehead atoms. The number of benzene rings is 1. The van der Waals surface area contributed by atoms with Crippen molar-refractivity contribution in [2.24, 2.45) is 0 Å². The molecule has 15 heteroatoms. The van der Waals surface area contributed by atoms with Gasteiger partial charge in [-0.15, -0.1) is 0 Å². The molecule has 0 aliphatic carbocycles. The van der Waals surface area contributed by atoms with Gasteiger partial charge in [-0.1, -0.05) is 32.9 Å². The number of rotatable bonds is 13. The van der Waals surface area contributed by atoms with Gasteiger partial charge in [-0.05, 0) is 59.2 Å². The largest absolute Gasteiger partial charge is 0.472 e. The molecule has 2 heterocycles. The fraction of sp³-hybridized carbons (Fsp3) is 0.600. The van der Waals surface area contributed by atoms with Gasteiger partial charge in [0.1, 0.15) is 17.4 Å². The topological polar surface area (TPSA) is 193 Å². The number of nitrogens with zero attached hydrogens (tertiary/aromatic N) is 3. The van der Waals surface area contributed by atoms with Crippen molar-refractivity contribution in [1.29, 1.82) is 0 Å². The fourth-order valence-electron chi connectivity index (χ4n) is 4.08. The van der Waals surface area contributed by atoms with Gasteiger partial charge >= 0.3 is 13.5 Å². The summed E-state index contributed by atoms with van der Waals surface area (Å²) in [7, 11) is -4.41. The number of hydrogen-bond donors (Lipinski definition) is 4. The van der Waals surface area contributed by atoms with Gasteiger partial charge in [-0.25, -0.2) is 19.3 Å². The van der Waals surface area contributed by atoms with E-state index >= 15 is 0 Å². The highest BCUT2D eigenvalue weighted by Crippen LogP contribution is 2.43. The molecule has 2 atom stereocenters. The quantitative estimate of drug-likeness (QED) is 0.155. The Morgan fingerprint density at radius 2 is 1.67 bits per heavy atom. The molecule has 2 aromatic heterocycles. The molecule has 1 amide bonds. The van der Waals surface area contributed by atoms with E-state index in [1.165, 1.54) is 4.57 Å². The van der Waals surface area contributed by atoms with Gasteiger partial charge < -0.3 is 30.4 Å². The number of amides is 1. The van der Waals surface area contributed by atoms with Gasteiger partial charge in [0.05, 0.1) is 37.6 Å². The standard InChI is InChI=1S/C30H47N6O8P/c1-28(2,3)26-34-23(31)22-24(35-26)36(27(38)33-22)16-19-10-12-20(13-11-19)25(37)32-14-15-42-45(39,40)43-18-21(44-30(7,8)9)17-41-29(4,5)6/h10-13,21H,14-18H2,1-9H3,(H,32,37)(H,33,38)(H,39,40)(H2,31,34,35). The Morgan fingerprint density at radius 3 is 2.24 bits per heavy atom. The first-order valence-electron chi connectivity index (χ1n) is 14.7. The summed E-state index contributed by atoms with van der Waals surface area (Å²) >= 11 is 0. The minimum atomic E-state index is -4.41. The first-order chi connectivity index (χ1) is 20.6. The SMILES string of the molecule is CC(C)(C)OCC(COP(=O)(O)OCCNC(=O)c1ccc(Cn2c(=O)[nH]c3c(N)nc(C(C)(C)C)nc32)cc1)OC(C)(C)C. The molecule has 1 aromatic carbocycles. The van der Waals surface area contributed by atoms with E-state index in [0.717, 1.165) is 5.56 Å². The van der Waals surface area contributed by atoms with Crippen molar-refractivity contribution in [2.75, 3.05) is 32.1 Å². The third-order valence-corrected chi connectivity index (χ3v) is 7.15. The number of nitrogens with two attached hydrogens (primary N) is 1.